The first-order chi connectivity index (χ1) is 45.0. The summed E-state index contributed by atoms with van der Waals surface area (Å²) >= 11 is 0.0620. The lowest BCUT2D eigenvalue weighted by Crippen LogP contribution is -2.64. The van der Waals surface area contributed by atoms with E-state index in [-0.39, 0.29) is 54.1 Å². The minimum absolute atomic E-state index is 0.0418. The molecular formula is C61H76N10O22S. The van der Waals surface area contributed by atoms with E-state index in [0.29, 0.717) is 17.7 Å². The summed E-state index contributed by atoms with van der Waals surface area (Å²) in [6.07, 6.45) is -12.8. The minimum atomic E-state index is -2.17. The van der Waals surface area contributed by atoms with Crippen molar-refractivity contribution < 1.29 is 107 Å². The smallest absolute Gasteiger partial charge is 0.261 e. The fourth-order valence-corrected chi connectivity index (χ4v) is 11.3. The quantitative estimate of drug-likeness (QED) is 0.0152. The standard InChI is InChI=1S/C61H76N10O22S/c1-4-89-41-16-14-34(15-17-41)33-6-10-36(11-7-33)58-68-69-59(90-58)37-12-8-35(9-13-37)53(81)64-42-23-39(75)25-63-57(85)51-52(80)30(2)26-71(51)61(87)50(45(78)19-20-62-38(28-72)29-73)67-56(84)49(46(79)21-32-5-18-44(77)47(22-32)91-94-93-92-88)66-55(83)43-24-40(76)27-70(43)60(86)48(31(3)74)65-54(42)82/h5-18,22,30-31,38-40,42-43,45-46,48-52,62,72-80,88H,4,19-21,23-29H2,1-3H3,(H,63,85)(H,64,81)(H,65,82)(H,66,83)(H,67,84)/t30-,31+,39+,40+,42-,43-,45+,46+,48-,49-,50-,51-,52-/m0/s1. The Morgan fingerprint density at radius 3 is 1.97 bits per heavy atom. The van der Waals surface area contributed by atoms with Crippen molar-refractivity contribution in [2.45, 2.75) is 125 Å². The Kier molecular flexibility index (Phi) is 25.2. The molecule has 0 aliphatic carbocycles. The molecule has 4 heterocycles. The van der Waals surface area contributed by atoms with Gasteiger partial charge in [-0.25, -0.2) is 5.26 Å². The second-order valence-electron chi connectivity index (χ2n) is 22.9. The lowest BCUT2D eigenvalue weighted by molar-refractivity contribution is -0.433. The predicted octanol–water partition coefficient (Wildman–Crippen LogP) is -2.18. The number of β-amino-alcohol motifs (C(OH)–C–C–N with tert-alkyl or cyclic N) is 1. The summed E-state index contributed by atoms with van der Waals surface area (Å²) in [5.74, 6) is -8.71. The first-order valence-corrected chi connectivity index (χ1v) is 30.7. The number of aromatic hydroxyl groups is 1. The average Bonchev–Trinajstić information content (AvgIpc) is 1.64. The number of phenols is 1. The molecule has 1 aromatic heterocycles. The van der Waals surface area contributed by atoms with Gasteiger partial charge in [-0.3, -0.25) is 33.6 Å². The zero-order valence-electron chi connectivity index (χ0n) is 51.1. The molecule has 508 valence electrons. The van der Waals surface area contributed by atoms with Crippen molar-refractivity contribution in [1.29, 1.82) is 0 Å². The van der Waals surface area contributed by atoms with Gasteiger partial charge >= 0.3 is 0 Å². The Balaban J connectivity index is 1.09. The van der Waals surface area contributed by atoms with Gasteiger partial charge < -0.3 is 101 Å². The fraction of sp³-hybridized carbons (Fsp3) is 0.459. The van der Waals surface area contributed by atoms with Gasteiger partial charge in [0.25, 0.3) is 18.2 Å². The van der Waals surface area contributed by atoms with Gasteiger partial charge in [0, 0.05) is 61.5 Å². The van der Waals surface area contributed by atoms with Crippen LogP contribution in [0.5, 0.6) is 17.2 Å². The SMILES string of the molecule is CCOc1ccc(-c2ccc(-c3nnc(-c4ccc(C(=O)N[C@H]5C[C@@H](O)CNC(=O)[C@@H]6[C@@H](O)[C@@H](C)CN6C(=O)[C@H]([C@H](O)CCNC(CO)CO)NC(=O)[C@H]([C@H](O)Cc6ccc(O)c(OSOOO)c6)NC(=O)[C@@H]6C[C@@H](O)CN6C(=O)[C@H]([C@@H](C)O)NC5=O)cc4)o3)cc2)cc1. The number of nitrogens with one attached hydrogen (secondary N) is 6. The van der Waals surface area contributed by atoms with E-state index in [0.717, 1.165) is 45.7 Å². The number of ether oxygens (including phenoxy) is 1. The van der Waals surface area contributed by atoms with E-state index in [4.69, 9.17) is 18.6 Å². The van der Waals surface area contributed by atoms with Crippen LogP contribution in [0.4, 0.5) is 0 Å². The van der Waals surface area contributed by atoms with Gasteiger partial charge in [0.1, 0.15) is 42.0 Å². The van der Waals surface area contributed by atoms with Crippen LogP contribution < -0.4 is 40.8 Å². The maximum atomic E-state index is 15.0. The van der Waals surface area contributed by atoms with Crippen molar-refractivity contribution >= 4 is 53.7 Å². The van der Waals surface area contributed by atoms with Crippen LogP contribution in [-0.2, 0) is 44.6 Å². The number of aromatic nitrogens is 2. The fourth-order valence-electron chi connectivity index (χ4n) is 11.1. The molecule has 0 spiro atoms. The third kappa shape index (κ3) is 17.9. The molecule has 3 fully saturated rings. The van der Waals surface area contributed by atoms with Gasteiger partial charge in [-0.1, -0.05) is 46.6 Å². The number of nitrogens with zero attached hydrogens (tertiary/aromatic N) is 4. The van der Waals surface area contributed by atoms with Gasteiger partial charge in [-0.15, -0.1) is 10.2 Å². The number of carbonyl (C=O) groups is 7. The summed E-state index contributed by atoms with van der Waals surface area (Å²) in [5, 5.41) is 134. The van der Waals surface area contributed by atoms with Gasteiger partial charge in [0.2, 0.25) is 47.2 Å². The lowest BCUT2D eigenvalue weighted by atomic mass is 9.98. The number of hydrogen-bond acceptors (Lipinski definition) is 26. The average molecular weight is 1330 g/mol. The Hall–Kier alpha value is -8.42. The molecule has 0 bridgehead atoms. The largest absolute Gasteiger partial charge is 0.504 e. The molecule has 16 N–H and O–H groups in total. The molecule has 32 nitrogen and oxygen atoms in total. The highest BCUT2D eigenvalue weighted by molar-refractivity contribution is 7.90. The Morgan fingerprint density at radius 1 is 0.734 bits per heavy atom. The summed E-state index contributed by atoms with van der Waals surface area (Å²) in [6, 6.07) is 11.9. The Labute approximate surface area is 541 Å². The summed E-state index contributed by atoms with van der Waals surface area (Å²) in [7, 11) is 0. The van der Waals surface area contributed by atoms with Crippen molar-refractivity contribution in [2.24, 2.45) is 5.92 Å². The van der Waals surface area contributed by atoms with E-state index >= 15 is 0 Å². The number of hydrogen-bond donors (Lipinski definition) is 16. The van der Waals surface area contributed by atoms with Crippen molar-refractivity contribution in [2.75, 3.05) is 46.0 Å². The third-order valence-electron chi connectivity index (χ3n) is 16.2. The molecular weight excluding hydrogens is 1260 g/mol. The molecule has 3 saturated heterocycles. The van der Waals surface area contributed by atoms with E-state index in [1.165, 1.54) is 37.3 Å². The number of aliphatic hydroxyl groups excluding tert-OH is 8. The number of phenolic OH excluding ortho intramolecular Hbond substituents is 1. The van der Waals surface area contributed by atoms with Crippen LogP contribution in [0.15, 0.2) is 95.4 Å². The molecule has 0 radical (unpaired) electrons. The maximum Gasteiger partial charge on any atom is 0.261 e. The summed E-state index contributed by atoms with van der Waals surface area (Å²) in [6.45, 7) is 2.05. The van der Waals surface area contributed by atoms with Crippen molar-refractivity contribution in [3.8, 4) is 51.3 Å². The van der Waals surface area contributed by atoms with E-state index in [1.54, 1.807) is 0 Å². The number of fused-ring (bicyclic) bond motifs is 2. The highest BCUT2D eigenvalue weighted by Crippen LogP contribution is 2.33. The van der Waals surface area contributed by atoms with Crippen LogP contribution in [0.2, 0.25) is 0 Å². The van der Waals surface area contributed by atoms with Gasteiger partial charge in [-0.05, 0) is 104 Å². The number of carbonyl (C=O) groups excluding carboxylic acids is 7. The topological polar surface area (TPSA) is 476 Å². The highest BCUT2D eigenvalue weighted by Gasteiger charge is 2.50. The monoisotopic (exact) mass is 1330 g/mol. The second-order valence-corrected chi connectivity index (χ2v) is 23.4. The normalized spacial score (nSPS) is 24.4. The van der Waals surface area contributed by atoms with Gasteiger partial charge in [-0.2, -0.15) is 0 Å². The van der Waals surface area contributed by atoms with Crippen LogP contribution >= 0.6 is 12.3 Å². The van der Waals surface area contributed by atoms with Gasteiger partial charge in [0.15, 0.2) is 11.5 Å². The van der Waals surface area contributed by atoms with Crippen molar-refractivity contribution in [1.82, 2.24) is 51.9 Å². The molecule has 0 saturated carbocycles. The molecule has 33 heteroatoms. The summed E-state index contributed by atoms with van der Waals surface area (Å²) < 4.78 is 20.9. The summed E-state index contributed by atoms with van der Waals surface area (Å²) in [4.78, 5) is 104. The molecule has 8 rings (SSSR count). The number of amides is 7. The molecule has 3 aliphatic heterocycles. The highest BCUT2D eigenvalue weighted by atomic mass is 32.2. The summed E-state index contributed by atoms with van der Waals surface area (Å²) in [5.41, 5.74) is 2.96. The lowest BCUT2D eigenvalue weighted by Gasteiger charge is -2.34. The number of aliphatic hydroxyl groups is 8. The Bertz CT molecular complexity index is 3400. The molecule has 94 heavy (non-hydrogen) atoms. The first-order valence-electron chi connectivity index (χ1n) is 30.1. The second kappa shape index (κ2) is 33.1. The van der Waals surface area contributed by atoms with Crippen LogP contribution in [0.25, 0.3) is 34.0 Å². The van der Waals surface area contributed by atoms with E-state index in [9.17, 15) is 79.5 Å². The number of benzene rings is 4. The molecule has 0 unspecified atom stereocenters. The maximum absolute atomic E-state index is 15.0. The van der Waals surface area contributed by atoms with Crippen molar-refractivity contribution in [3.63, 3.8) is 0 Å². The van der Waals surface area contributed by atoms with Gasteiger partial charge in [0.05, 0.1) is 62.5 Å². The van der Waals surface area contributed by atoms with Crippen LogP contribution in [-0.4, -0.2) is 237 Å². The van der Waals surface area contributed by atoms with Crippen LogP contribution in [0.3, 0.4) is 0 Å². The predicted molar refractivity (Wildman–Crippen MR) is 328 cm³/mol. The zero-order chi connectivity index (χ0) is 67.9. The van der Waals surface area contributed by atoms with Crippen LogP contribution in [0, 0.1) is 5.92 Å². The van der Waals surface area contributed by atoms with E-state index in [1.807, 2.05) is 55.5 Å². The van der Waals surface area contributed by atoms with E-state index in [2.05, 4.69) is 51.5 Å². The van der Waals surface area contributed by atoms with Crippen LogP contribution in [0.1, 0.15) is 56.0 Å². The molecule has 5 aromatic rings. The Morgan fingerprint density at radius 2 is 1.34 bits per heavy atom. The van der Waals surface area contributed by atoms with E-state index < -0.39 is 184 Å². The third-order valence-corrected chi connectivity index (χ3v) is 16.5. The van der Waals surface area contributed by atoms with Crippen molar-refractivity contribution in [3.05, 3.63) is 102 Å². The minimum Gasteiger partial charge on any atom is -0.504 e. The first kappa shape index (κ1) is 71.4. The molecule has 3 aliphatic rings. The zero-order valence-corrected chi connectivity index (χ0v) is 51.9. The molecule has 13 atom stereocenters. The molecule has 4 aromatic carbocycles. The molecule has 7 amide bonds. The number of rotatable bonds is 22.